The molecule has 2 nitrogen and oxygen atoms in total. The van der Waals surface area contributed by atoms with Crippen molar-refractivity contribution >= 4 is 0 Å². The summed E-state index contributed by atoms with van der Waals surface area (Å²) < 4.78 is 19.6. The predicted octanol–water partition coefficient (Wildman–Crippen LogP) is 4.91. The lowest BCUT2D eigenvalue weighted by Gasteiger charge is -2.31. The second-order valence-corrected chi connectivity index (χ2v) is 6.54. The van der Waals surface area contributed by atoms with Gasteiger partial charge in [0.15, 0.2) is 0 Å². The first-order valence-corrected chi connectivity index (χ1v) is 7.98. The second-order valence-electron chi connectivity index (χ2n) is 6.54. The summed E-state index contributed by atoms with van der Waals surface area (Å²) in [7, 11) is 0. The molecule has 0 saturated heterocycles. The molecule has 118 valence electrons. The van der Waals surface area contributed by atoms with Gasteiger partial charge in [0.2, 0.25) is 0 Å². The third-order valence-electron chi connectivity index (χ3n) is 4.53. The van der Waals surface area contributed by atoms with E-state index >= 15 is 0 Å². The van der Waals surface area contributed by atoms with E-state index in [4.69, 9.17) is 10.00 Å². The third-order valence-corrected chi connectivity index (χ3v) is 4.53. The summed E-state index contributed by atoms with van der Waals surface area (Å²) in [6, 6.07) is 14.5. The number of benzene rings is 2. The Hall–Kier alpha value is -2.18. The van der Waals surface area contributed by atoms with Gasteiger partial charge in [-0.2, -0.15) is 5.26 Å². The van der Waals surface area contributed by atoms with E-state index in [0.29, 0.717) is 18.1 Å². The number of hydrogen-bond donors (Lipinski definition) is 0. The Kier molecular flexibility index (Phi) is 4.19. The first kappa shape index (κ1) is 15.7. The van der Waals surface area contributed by atoms with Crippen molar-refractivity contribution in [2.75, 3.05) is 0 Å². The molecular weight excluding hydrogens is 289 g/mol. The lowest BCUT2D eigenvalue weighted by atomic mass is 9.80. The minimum Gasteiger partial charge on any atom is -0.361 e. The number of hydrogen-bond acceptors (Lipinski definition) is 2. The molecule has 0 amide bonds. The first-order chi connectivity index (χ1) is 11.0. The Morgan fingerprint density at radius 3 is 2.61 bits per heavy atom. The molecule has 1 aliphatic heterocycles. The Morgan fingerprint density at radius 1 is 1.22 bits per heavy atom. The van der Waals surface area contributed by atoms with Gasteiger partial charge in [-0.3, -0.25) is 0 Å². The maximum Gasteiger partial charge on any atom is 0.123 e. The van der Waals surface area contributed by atoms with E-state index in [1.165, 1.54) is 12.1 Å². The molecule has 1 aliphatic rings. The molecule has 0 spiro atoms. The summed E-state index contributed by atoms with van der Waals surface area (Å²) in [5.74, 6) is 0.309. The van der Waals surface area contributed by atoms with Gasteiger partial charge >= 0.3 is 0 Å². The second kappa shape index (κ2) is 6.14. The molecular formula is C20H20FNO. The number of nitrogens with zero attached hydrogens (tertiary/aromatic N) is 1. The molecule has 0 aliphatic carbocycles. The van der Waals surface area contributed by atoms with Crippen LogP contribution in [0.1, 0.15) is 48.9 Å². The van der Waals surface area contributed by atoms with Crippen LogP contribution in [0, 0.1) is 23.1 Å². The van der Waals surface area contributed by atoms with Gasteiger partial charge < -0.3 is 4.74 Å². The van der Waals surface area contributed by atoms with Gasteiger partial charge in [-0.05, 0) is 59.7 Å². The van der Waals surface area contributed by atoms with Gasteiger partial charge in [0.25, 0.3) is 0 Å². The average Bonchev–Trinajstić information content (AvgIpc) is 2.92. The van der Waals surface area contributed by atoms with E-state index in [1.807, 2.05) is 30.3 Å². The highest BCUT2D eigenvalue weighted by Gasteiger charge is 2.41. The van der Waals surface area contributed by atoms with Crippen LogP contribution in [0.4, 0.5) is 4.39 Å². The van der Waals surface area contributed by atoms with Gasteiger partial charge in [-0.25, -0.2) is 4.39 Å². The summed E-state index contributed by atoms with van der Waals surface area (Å²) in [4.78, 5) is 0. The minimum atomic E-state index is -0.540. The van der Waals surface area contributed by atoms with Crippen LogP contribution in [0.15, 0.2) is 42.5 Å². The largest absolute Gasteiger partial charge is 0.361 e. The molecule has 1 heterocycles. The molecule has 23 heavy (non-hydrogen) atoms. The Labute approximate surface area is 136 Å². The third kappa shape index (κ3) is 2.87. The molecule has 0 aromatic heterocycles. The molecule has 2 aromatic carbocycles. The zero-order valence-electron chi connectivity index (χ0n) is 13.5. The topological polar surface area (TPSA) is 33.0 Å². The lowest BCUT2D eigenvalue weighted by molar-refractivity contribution is -0.0151. The van der Waals surface area contributed by atoms with Crippen LogP contribution in [0.5, 0.6) is 0 Å². The van der Waals surface area contributed by atoms with Crippen molar-refractivity contribution in [2.24, 2.45) is 5.92 Å². The summed E-state index contributed by atoms with van der Waals surface area (Å²) >= 11 is 0. The Bertz CT molecular complexity index is 745. The fourth-order valence-electron chi connectivity index (χ4n) is 3.26. The fraction of sp³-hybridized carbons (Fsp3) is 0.350. The molecule has 2 aromatic rings. The zero-order chi connectivity index (χ0) is 16.4. The van der Waals surface area contributed by atoms with Gasteiger partial charge in [0.05, 0.1) is 18.2 Å². The number of fused-ring (bicyclic) bond motifs is 1. The van der Waals surface area contributed by atoms with Crippen molar-refractivity contribution < 1.29 is 9.13 Å². The van der Waals surface area contributed by atoms with Crippen LogP contribution in [-0.4, -0.2) is 0 Å². The number of rotatable bonds is 4. The van der Waals surface area contributed by atoms with Crippen LogP contribution in [0.3, 0.4) is 0 Å². The van der Waals surface area contributed by atoms with Crippen molar-refractivity contribution in [3.8, 4) is 6.07 Å². The predicted molar refractivity (Wildman–Crippen MR) is 87.2 cm³/mol. The molecule has 1 atom stereocenters. The quantitative estimate of drug-likeness (QED) is 0.804. The molecule has 0 saturated carbocycles. The van der Waals surface area contributed by atoms with Gasteiger partial charge in [0.1, 0.15) is 11.4 Å². The summed E-state index contributed by atoms with van der Waals surface area (Å²) in [6.07, 6.45) is 1.85. The number of nitriles is 1. The summed E-state index contributed by atoms with van der Waals surface area (Å²) in [6.45, 7) is 4.86. The Morgan fingerprint density at radius 2 is 1.96 bits per heavy atom. The first-order valence-electron chi connectivity index (χ1n) is 7.98. The molecule has 0 radical (unpaired) electrons. The summed E-state index contributed by atoms with van der Waals surface area (Å²) in [5, 5.41) is 9.09. The zero-order valence-corrected chi connectivity index (χ0v) is 13.5. The number of ether oxygens (including phenoxy) is 1. The molecule has 1 unspecified atom stereocenters. The van der Waals surface area contributed by atoms with E-state index in [0.717, 1.165) is 29.5 Å². The summed E-state index contributed by atoms with van der Waals surface area (Å²) in [5.41, 5.74) is 3.23. The van der Waals surface area contributed by atoms with Crippen LogP contribution < -0.4 is 0 Å². The van der Waals surface area contributed by atoms with E-state index in [-0.39, 0.29) is 5.82 Å². The highest BCUT2D eigenvalue weighted by molar-refractivity contribution is 5.47. The van der Waals surface area contributed by atoms with Crippen molar-refractivity contribution in [1.29, 1.82) is 5.26 Å². The molecule has 0 fully saturated rings. The van der Waals surface area contributed by atoms with Crippen LogP contribution >= 0.6 is 0 Å². The maximum atomic E-state index is 13.3. The smallest absolute Gasteiger partial charge is 0.123 e. The maximum absolute atomic E-state index is 13.3. The monoisotopic (exact) mass is 309 g/mol. The minimum absolute atomic E-state index is 0.245. The van der Waals surface area contributed by atoms with Crippen molar-refractivity contribution in [3.05, 3.63) is 70.5 Å². The molecule has 0 bridgehead atoms. The standard InChI is InChI=1S/C20H20FNO/c1-14(2)9-10-20(17-4-6-18(21)7-5-17)19-8-3-15(12-22)11-16(19)13-23-20/h3-8,11,14H,9-10,13H2,1-2H3. The van der Waals surface area contributed by atoms with Gasteiger partial charge in [-0.1, -0.05) is 32.0 Å². The van der Waals surface area contributed by atoms with Gasteiger partial charge in [-0.15, -0.1) is 0 Å². The van der Waals surface area contributed by atoms with Crippen molar-refractivity contribution in [3.63, 3.8) is 0 Å². The van der Waals surface area contributed by atoms with Crippen molar-refractivity contribution in [2.45, 2.75) is 38.9 Å². The number of halogens is 1. The van der Waals surface area contributed by atoms with Crippen LogP contribution in [-0.2, 0) is 16.9 Å². The molecule has 0 N–H and O–H groups in total. The lowest BCUT2D eigenvalue weighted by Crippen LogP contribution is -2.27. The molecule has 3 heteroatoms. The molecule has 3 rings (SSSR count). The Balaban J connectivity index is 2.09. The highest BCUT2D eigenvalue weighted by atomic mass is 19.1. The van der Waals surface area contributed by atoms with Crippen molar-refractivity contribution in [1.82, 2.24) is 0 Å². The van der Waals surface area contributed by atoms with E-state index < -0.39 is 5.60 Å². The van der Waals surface area contributed by atoms with E-state index in [1.54, 1.807) is 0 Å². The average molecular weight is 309 g/mol. The normalized spacial score (nSPS) is 19.6. The van der Waals surface area contributed by atoms with Crippen LogP contribution in [0.2, 0.25) is 0 Å². The SMILES string of the molecule is CC(C)CCC1(c2ccc(F)cc2)OCc2cc(C#N)ccc21. The van der Waals surface area contributed by atoms with E-state index in [2.05, 4.69) is 19.9 Å². The van der Waals surface area contributed by atoms with Crippen LogP contribution in [0.25, 0.3) is 0 Å². The highest BCUT2D eigenvalue weighted by Crippen LogP contribution is 2.46. The van der Waals surface area contributed by atoms with E-state index in [9.17, 15) is 4.39 Å². The van der Waals surface area contributed by atoms with Gasteiger partial charge in [0, 0.05) is 0 Å². The fourth-order valence-corrected chi connectivity index (χ4v) is 3.26.